The molecule has 2 aliphatic rings. The fraction of sp³-hybridized carbons (Fsp3) is 0.417. The van der Waals surface area contributed by atoms with Crippen LogP contribution in [0.5, 0.6) is 0 Å². The Balaban J connectivity index is 1.59. The van der Waals surface area contributed by atoms with Gasteiger partial charge >= 0.3 is 0 Å². The Bertz CT molecular complexity index is 1030. The molecule has 4 atom stereocenters. The lowest BCUT2D eigenvalue weighted by molar-refractivity contribution is -0.140. The molecule has 164 valence electrons. The molecular formula is C24H27F2N3O2. The van der Waals surface area contributed by atoms with Gasteiger partial charge in [-0.15, -0.1) is 0 Å². The maximum absolute atomic E-state index is 13.9. The molecule has 2 amide bonds. The van der Waals surface area contributed by atoms with Crippen LogP contribution >= 0.6 is 0 Å². The fourth-order valence-electron chi connectivity index (χ4n) is 4.86. The number of piperidine rings is 2. The fourth-order valence-corrected chi connectivity index (χ4v) is 4.86. The third kappa shape index (κ3) is 4.19. The number of rotatable bonds is 3. The van der Waals surface area contributed by atoms with Crippen molar-refractivity contribution in [2.45, 2.75) is 44.7 Å². The highest BCUT2D eigenvalue weighted by Crippen LogP contribution is 2.38. The van der Waals surface area contributed by atoms with Gasteiger partial charge in [0, 0.05) is 37.3 Å². The van der Waals surface area contributed by atoms with Crippen molar-refractivity contribution < 1.29 is 18.4 Å². The molecule has 2 aromatic rings. The number of anilines is 1. The summed E-state index contributed by atoms with van der Waals surface area (Å²) in [6, 6.07) is 8.80. The molecule has 31 heavy (non-hydrogen) atoms. The molecule has 2 aromatic carbocycles. The molecule has 2 N–H and O–H groups in total. The van der Waals surface area contributed by atoms with Gasteiger partial charge in [0.15, 0.2) is 0 Å². The average molecular weight is 427 g/mol. The van der Waals surface area contributed by atoms with Gasteiger partial charge in [-0.2, -0.15) is 0 Å². The Hall–Kier alpha value is -2.80. The third-order valence-corrected chi connectivity index (χ3v) is 6.65. The smallest absolute Gasteiger partial charge is 0.255 e. The molecule has 7 heteroatoms. The standard InChI is InChI=1S/C24H27F2N3O2/c1-13-4-5-15(23(30)28-21-7-6-17(25)11-20(21)26)9-18(13)19-10-16-12-27-14(2)8-22(16)29(3)24(19)31/h4-7,9,11,14,16,19,22,27H,8,10,12H2,1-3H3,(H,28,30). The highest BCUT2D eigenvalue weighted by Gasteiger charge is 2.43. The number of nitrogens with zero attached hydrogens (tertiary/aromatic N) is 1. The zero-order valence-corrected chi connectivity index (χ0v) is 17.9. The molecule has 0 saturated carbocycles. The zero-order valence-electron chi connectivity index (χ0n) is 17.9. The molecule has 0 bridgehead atoms. The van der Waals surface area contributed by atoms with Crippen LogP contribution in [0, 0.1) is 24.5 Å². The van der Waals surface area contributed by atoms with E-state index in [0.717, 1.165) is 42.6 Å². The highest BCUT2D eigenvalue weighted by atomic mass is 19.1. The molecule has 2 fully saturated rings. The molecule has 4 unspecified atom stereocenters. The van der Waals surface area contributed by atoms with E-state index in [1.807, 2.05) is 24.9 Å². The molecule has 4 rings (SSSR count). The van der Waals surface area contributed by atoms with Crippen molar-refractivity contribution in [3.05, 3.63) is 64.7 Å². The van der Waals surface area contributed by atoms with Crippen molar-refractivity contribution >= 4 is 17.5 Å². The quantitative estimate of drug-likeness (QED) is 0.783. The summed E-state index contributed by atoms with van der Waals surface area (Å²) in [4.78, 5) is 27.8. The molecule has 0 aromatic heterocycles. The van der Waals surface area contributed by atoms with Crippen LogP contribution in [0.25, 0.3) is 0 Å². The summed E-state index contributed by atoms with van der Waals surface area (Å²) < 4.78 is 27.1. The minimum absolute atomic E-state index is 0.0700. The first-order chi connectivity index (χ1) is 14.7. The predicted octanol–water partition coefficient (Wildman–Crippen LogP) is 3.84. The molecule has 5 nitrogen and oxygen atoms in total. The Labute approximate surface area is 180 Å². The molecule has 2 heterocycles. The van der Waals surface area contributed by atoms with E-state index in [2.05, 4.69) is 17.6 Å². The van der Waals surface area contributed by atoms with Crippen molar-refractivity contribution in [1.82, 2.24) is 10.2 Å². The molecule has 0 radical (unpaired) electrons. The number of aryl methyl sites for hydroxylation is 1. The summed E-state index contributed by atoms with van der Waals surface area (Å²) in [5.74, 6) is -1.95. The van der Waals surface area contributed by atoms with Crippen LogP contribution in [0.15, 0.2) is 36.4 Å². The van der Waals surface area contributed by atoms with Gasteiger partial charge in [-0.05, 0) is 68.0 Å². The molecule has 2 saturated heterocycles. The lowest BCUT2D eigenvalue weighted by atomic mass is 9.75. The third-order valence-electron chi connectivity index (χ3n) is 6.65. The van der Waals surface area contributed by atoms with Gasteiger partial charge in [0.1, 0.15) is 11.6 Å². The summed E-state index contributed by atoms with van der Waals surface area (Å²) in [5, 5.41) is 5.99. The summed E-state index contributed by atoms with van der Waals surface area (Å²) in [5.41, 5.74) is 2.00. The number of hydrogen-bond donors (Lipinski definition) is 2. The number of fused-ring (bicyclic) bond motifs is 1. The van der Waals surface area contributed by atoms with Gasteiger partial charge in [0.25, 0.3) is 5.91 Å². The van der Waals surface area contributed by atoms with Crippen LogP contribution in [-0.4, -0.2) is 42.4 Å². The van der Waals surface area contributed by atoms with E-state index in [0.29, 0.717) is 17.5 Å². The Morgan fingerprint density at radius 2 is 1.94 bits per heavy atom. The number of amides is 2. The van der Waals surface area contributed by atoms with Gasteiger partial charge in [-0.25, -0.2) is 8.78 Å². The van der Waals surface area contributed by atoms with Crippen molar-refractivity contribution in [3.8, 4) is 0 Å². The van der Waals surface area contributed by atoms with Gasteiger partial charge in [-0.1, -0.05) is 6.07 Å². The van der Waals surface area contributed by atoms with E-state index in [1.165, 1.54) is 6.07 Å². The van der Waals surface area contributed by atoms with Crippen molar-refractivity contribution in [2.75, 3.05) is 18.9 Å². The Morgan fingerprint density at radius 1 is 1.16 bits per heavy atom. The zero-order chi connectivity index (χ0) is 22.3. The van der Waals surface area contributed by atoms with E-state index in [-0.39, 0.29) is 23.6 Å². The lowest BCUT2D eigenvalue weighted by Gasteiger charge is -2.47. The first kappa shape index (κ1) is 21.4. The van der Waals surface area contributed by atoms with E-state index in [4.69, 9.17) is 0 Å². The average Bonchev–Trinajstić information content (AvgIpc) is 2.73. The normalized spacial score (nSPS) is 25.8. The summed E-state index contributed by atoms with van der Waals surface area (Å²) in [7, 11) is 1.87. The predicted molar refractivity (Wildman–Crippen MR) is 115 cm³/mol. The number of likely N-dealkylation sites (N-methyl/N-ethyl adjacent to an activating group) is 1. The van der Waals surface area contributed by atoms with E-state index in [1.54, 1.807) is 12.1 Å². The second-order valence-corrected chi connectivity index (χ2v) is 8.76. The van der Waals surface area contributed by atoms with Gasteiger partial charge in [-0.3, -0.25) is 9.59 Å². The monoisotopic (exact) mass is 427 g/mol. The van der Waals surface area contributed by atoms with E-state index in [9.17, 15) is 18.4 Å². The van der Waals surface area contributed by atoms with Gasteiger partial charge in [0.2, 0.25) is 5.91 Å². The minimum Gasteiger partial charge on any atom is -0.342 e. The van der Waals surface area contributed by atoms with Gasteiger partial charge in [0.05, 0.1) is 11.6 Å². The van der Waals surface area contributed by atoms with E-state index < -0.39 is 17.5 Å². The number of benzene rings is 2. The van der Waals surface area contributed by atoms with Crippen LogP contribution in [-0.2, 0) is 4.79 Å². The lowest BCUT2D eigenvalue weighted by Crippen LogP contribution is -2.57. The Kier molecular flexibility index (Phi) is 5.79. The van der Waals surface area contributed by atoms with Gasteiger partial charge < -0.3 is 15.5 Å². The number of hydrogen-bond acceptors (Lipinski definition) is 3. The second-order valence-electron chi connectivity index (χ2n) is 8.76. The topological polar surface area (TPSA) is 61.4 Å². The van der Waals surface area contributed by atoms with Crippen LogP contribution in [0.1, 0.15) is 47.2 Å². The number of nitrogens with one attached hydrogen (secondary N) is 2. The van der Waals surface area contributed by atoms with E-state index >= 15 is 0 Å². The maximum Gasteiger partial charge on any atom is 0.255 e. The number of halogens is 2. The molecule has 0 aliphatic carbocycles. The second kappa shape index (κ2) is 8.38. The van der Waals surface area contributed by atoms with Crippen LogP contribution in [0.2, 0.25) is 0 Å². The van der Waals surface area contributed by atoms with Crippen molar-refractivity contribution in [2.24, 2.45) is 5.92 Å². The SMILES string of the molecule is Cc1ccc(C(=O)Nc2ccc(F)cc2F)cc1C1CC2CNC(C)CC2N(C)C1=O. The largest absolute Gasteiger partial charge is 0.342 e. The molecule has 0 spiro atoms. The number of carbonyl (C=O) groups excluding carboxylic acids is 2. The summed E-state index contributed by atoms with van der Waals surface area (Å²) in [6.07, 6.45) is 1.66. The van der Waals surface area contributed by atoms with Crippen LogP contribution in [0.3, 0.4) is 0 Å². The van der Waals surface area contributed by atoms with Crippen molar-refractivity contribution in [3.63, 3.8) is 0 Å². The van der Waals surface area contributed by atoms with Crippen LogP contribution in [0.4, 0.5) is 14.5 Å². The highest BCUT2D eigenvalue weighted by molar-refractivity contribution is 6.04. The number of likely N-dealkylation sites (tertiary alicyclic amines) is 1. The Morgan fingerprint density at radius 3 is 2.68 bits per heavy atom. The first-order valence-corrected chi connectivity index (χ1v) is 10.6. The summed E-state index contributed by atoms with van der Waals surface area (Å²) >= 11 is 0. The number of carbonyl (C=O) groups is 2. The summed E-state index contributed by atoms with van der Waals surface area (Å²) in [6.45, 7) is 4.93. The molecule has 2 aliphatic heterocycles. The first-order valence-electron chi connectivity index (χ1n) is 10.6. The van der Waals surface area contributed by atoms with Crippen LogP contribution < -0.4 is 10.6 Å². The van der Waals surface area contributed by atoms with Crippen molar-refractivity contribution in [1.29, 1.82) is 0 Å². The maximum atomic E-state index is 13.9. The minimum atomic E-state index is -0.838. The molecular weight excluding hydrogens is 400 g/mol.